The summed E-state index contributed by atoms with van der Waals surface area (Å²) >= 11 is 6.18. The van der Waals surface area contributed by atoms with E-state index in [2.05, 4.69) is 9.97 Å². The number of hydrogen-bond acceptors (Lipinski definition) is 3. The van der Waals surface area contributed by atoms with Gasteiger partial charge in [0.1, 0.15) is 22.6 Å². The largest absolute Gasteiger partial charge is 0.329 e. The summed E-state index contributed by atoms with van der Waals surface area (Å²) in [5.74, 6) is 1.36. The number of rotatable bonds is 3. The number of halogens is 2. The van der Waals surface area contributed by atoms with E-state index in [1.807, 2.05) is 32.7 Å². The molecule has 0 aliphatic heterocycles. The summed E-state index contributed by atoms with van der Waals surface area (Å²) in [6.45, 7) is 5.91. The first-order valence-electron chi connectivity index (χ1n) is 6.43. The van der Waals surface area contributed by atoms with Gasteiger partial charge in [0.25, 0.3) is 0 Å². The molecule has 1 aromatic heterocycles. The fourth-order valence-corrected chi connectivity index (χ4v) is 2.04. The molecule has 0 atom stereocenters. The van der Waals surface area contributed by atoms with Gasteiger partial charge in [0.15, 0.2) is 0 Å². The second kappa shape index (κ2) is 5.75. The van der Waals surface area contributed by atoms with E-state index >= 15 is 0 Å². The summed E-state index contributed by atoms with van der Waals surface area (Å²) in [4.78, 5) is 10.7. The van der Waals surface area contributed by atoms with Gasteiger partial charge in [0, 0.05) is 24.2 Å². The highest BCUT2D eigenvalue weighted by atomic mass is 35.5. The fourth-order valence-electron chi connectivity index (χ4n) is 1.87. The van der Waals surface area contributed by atoms with Crippen LogP contribution in [0.2, 0.25) is 5.15 Å². The molecule has 1 aromatic carbocycles. The van der Waals surface area contributed by atoms with Crippen LogP contribution in [-0.4, -0.2) is 17.0 Å². The lowest BCUT2D eigenvalue weighted by molar-refractivity contribution is 0.628. The average Bonchev–Trinajstić information content (AvgIpc) is 2.41. The molecule has 2 rings (SSSR count). The topological polar surface area (TPSA) is 29.0 Å². The number of anilines is 2. The molecule has 0 N–H and O–H groups in total. The molecule has 0 unspecified atom stereocenters. The second-order valence-corrected chi connectivity index (χ2v) is 5.37. The average molecular weight is 294 g/mol. The number of benzene rings is 1. The van der Waals surface area contributed by atoms with Crippen LogP contribution in [-0.2, 0) is 0 Å². The van der Waals surface area contributed by atoms with Crippen molar-refractivity contribution in [3.63, 3.8) is 0 Å². The normalized spacial score (nSPS) is 10.9. The van der Waals surface area contributed by atoms with E-state index in [0.717, 1.165) is 17.1 Å². The van der Waals surface area contributed by atoms with Gasteiger partial charge in [-0.2, -0.15) is 0 Å². The van der Waals surface area contributed by atoms with Crippen molar-refractivity contribution in [3.05, 3.63) is 46.6 Å². The molecule has 20 heavy (non-hydrogen) atoms. The standard InChI is InChI=1S/C15H17ClFN3/c1-9(2)14-18-13(16)10(3)15(19-14)20(4)12-7-5-11(17)6-8-12/h5-9H,1-4H3. The molecule has 0 aliphatic carbocycles. The summed E-state index contributed by atoms with van der Waals surface area (Å²) in [6, 6.07) is 6.26. The predicted molar refractivity (Wildman–Crippen MR) is 80.3 cm³/mol. The summed E-state index contributed by atoms with van der Waals surface area (Å²) in [7, 11) is 1.88. The van der Waals surface area contributed by atoms with Gasteiger partial charge in [-0.15, -0.1) is 0 Å². The molecule has 0 spiro atoms. The minimum absolute atomic E-state index is 0.188. The van der Waals surface area contributed by atoms with E-state index in [-0.39, 0.29) is 11.7 Å². The molecule has 0 aliphatic rings. The Morgan fingerprint density at radius 2 is 1.75 bits per heavy atom. The monoisotopic (exact) mass is 293 g/mol. The van der Waals surface area contributed by atoms with Gasteiger partial charge >= 0.3 is 0 Å². The van der Waals surface area contributed by atoms with Crippen LogP contribution >= 0.6 is 11.6 Å². The van der Waals surface area contributed by atoms with E-state index < -0.39 is 0 Å². The molecule has 0 amide bonds. The van der Waals surface area contributed by atoms with Gasteiger partial charge in [-0.05, 0) is 31.2 Å². The first-order valence-corrected chi connectivity index (χ1v) is 6.81. The minimum Gasteiger partial charge on any atom is -0.329 e. The van der Waals surface area contributed by atoms with Crippen LogP contribution in [0.3, 0.4) is 0 Å². The van der Waals surface area contributed by atoms with Gasteiger partial charge in [-0.3, -0.25) is 0 Å². The number of aromatic nitrogens is 2. The molecule has 3 nitrogen and oxygen atoms in total. The van der Waals surface area contributed by atoms with Crippen molar-refractivity contribution in [2.24, 2.45) is 0 Å². The van der Waals surface area contributed by atoms with Crippen LogP contribution in [0.15, 0.2) is 24.3 Å². The van der Waals surface area contributed by atoms with Gasteiger partial charge in [0.2, 0.25) is 0 Å². The van der Waals surface area contributed by atoms with E-state index in [9.17, 15) is 4.39 Å². The second-order valence-electron chi connectivity index (χ2n) is 5.01. The van der Waals surface area contributed by atoms with Gasteiger partial charge in [-0.1, -0.05) is 25.4 Å². The maximum atomic E-state index is 13.0. The quantitative estimate of drug-likeness (QED) is 0.782. The molecule has 106 valence electrons. The van der Waals surface area contributed by atoms with Crippen molar-refractivity contribution in [2.75, 3.05) is 11.9 Å². The summed E-state index contributed by atoms with van der Waals surface area (Å²) in [6.07, 6.45) is 0. The molecule has 0 radical (unpaired) electrons. The molecule has 1 heterocycles. The molecule has 2 aromatic rings. The van der Waals surface area contributed by atoms with E-state index in [1.165, 1.54) is 12.1 Å². The molecular formula is C15H17ClFN3. The fraction of sp³-hybridized carbons (Fsp3) is 0.333. The van der Waals surface area contributed by atoms with E-state index in [0.29, 0.717) is 11.0 Å². The maximum Gasteiger partial charge on any atom is 0.140 e. The van der Waals surface area contributed by atoms with Crippen LogP contribution in [0.5, 0.6) is 0 Å². The lowest BCUT2D eigenvalue weighted by atomic mass is 10.2. The number of hydrogen-bond donors (Lipinski definition) is 0. The Balaban J connectivity index is 2.48. The predicted octanol–water partition coefficient (Wildman–Crippen LogP) is 4.47. The third-order valence-electron chi connectivity index (χ3n) is 3.13. The van der Waals surface area contributed by atoms with Crippen molar-refractivity contribution >= 4 is 23.1 Å². The highest BCUT2D eigenvalue weighted by Crippen LogP contribution is 2.29. The Kier molecular flexibility index (Phi) is 4.23. The van der Waals surface area contributed by atoms with E-state index in [1.54, 1.807) is 12.1 Å². The van der Waals surface area contributed by atoms with Crippen LogP contribution in [0, 0.1) is 12.7 Å². The zero-order valence-electron chi connectivity index (χ0n) is 12.0. The van der Waals surface area contributed by atoms with Crippen LogP contribution in [0.1, 0.15) is 31.2 Å². The van der Waals surface area contributed by atoms with Crippen molar-refractivity contribution in [1.29, 1.82) is 0 Å². The summed E-state index contributed by atoms with van der Waals surface area (Å²) < 4.78 is 13.0. The van der Waals surface area contributed by atoms with Crippen molar-refractivity contribution in [3.8, 4) is 0 Å². The first kappa shape index (κ1) is 14.7. The van der Waals surface area contributed by atoms with Gasteiger partial charge in [-0.25, -0.2) is 14.4 Å². The minimum atomic E-state index is -0.262. The first-order chi connectivity index (χ1) is 9.40. The summed E-state index contributed by atoms with van der Waals surface area (Å²) in [5, 5.41) is 0.452. The molecule has 0 saturated carbocycles. The third-order valence-corrected chi connectivity index (χ3v) is 3.49. The summed E-state index contributed by atoms with van der Waals surface area (Å²) in [5.41, 5.74) is 1.65. The lowest BCUT2D eigenvalue weighted by Gasteiger charge is -2.22. The Labute approximate surface area is 123 Å². The van der Waals surface area contributed by atoms with E-state index in [4.69, 9.17) is 11.6 Å². The van der Waals surface area contributed by atoms with Crippen LogP contribution in [0.4, 0.5) is 15.9 Å². The maximum absolute atomic E-state index is 13.0. The zero-order valence-corrected chi connectivity index (χ0v) is 12.7. The Morgan fingerprint density at radius 3 is 2.30 bits per heavy atom. The molecule has 0 bridgehead atoms. The smallest absolute Gasteiger partial charge is 0.140 e. The lowest BCUT2D eigenvalue weighted by Crippen LogP contribution is -2.15. The SMILES string of the molecule is Cc1c(Cl)nc(C(C)C)nc1N(C)c1ccc(F)cc1. The van der Waals surface area contributed by atoms with Gasteiger partial charge < -0.3 is 4.90 Å². The van der Waals surface area contributed by atoms with Crippen molar-refractivity contribution in [1.82, 2.24) is 9.97 Å². The third kappa shape index (κ3) is 2.90. The van der Waals surface area contributed by atoms with Crippen LogP contribution in [0.25, 0.3) is 0 Å². The molecular weight excluding hydrogens is 277 g/mol. The molecule has 5 heteroatoms. The molecule has 0 fully saturated rings. The van der Waals surface area contributed by atoms with Gasteiger partial charge in [0.05, 0.1) is 0 Å². The Morgan fingerprint density at radius 1 is 1.15 bits per heavy atom. The highest BCUT2D eigenvalue weighted by molar-refractivity contribution is 6.30. The van der Waals surface area contributed by atoms with Crippen molar-refractivity contribution in [2.45, 2.75) is 26.7 Å². The van der Waals surface area contributed by atoms with Crippen molar-refractivity contribution < 1.29 is 4.39 Å². The Hall–Kier alpha value is -1.68. The molecule has 0 saturated heterocycles. The Bertz CT molecular complexity index is 611. The highest BCUT2D eigenvalue weighted by Gasteiger charge is 2.16. The van der Waals surface area contributed by atoms with Crippen LogP contribution < -0.4 is 4.90 Å². The number of nitrogens with zero attached hydrogens (tertiary/aromatic N) is 3. The zero-order chi connectivity index (χ0) is 14.9.